The van der Waals surface area contributed by atoms with Gasteiger partial charge < -0.3 is 14.2 Å². The van der Waals surface area contributed by atoms with E-state index in [0.29, 0.717) is 38.4 Å². The lowest BCUT2D eigenvalue weighted by molar-refractivity contribution is 0.0954. The van der Waals surface area contributed by atoms with Crippen LogP contribution in [0.3, 0.4) is 0 Å². The van der Waals surface area contributed by atoms with Gasteiger partial charge in [0.2, 0.25) is 0 Å². The zero-order valence-electron chi connectivity index (χ0n) is 16.0. The summed E-state index contributed by atoms with van der Waals surface area (Å²) in [7, 11) is 1.53. The molecule has 0 bridgehead atoms. The number of amides is 1. The van der Waals surface area contributed by atoms with Gasteiger partial charge in [-0.2, -0.15) is 5.10 Å². The lowest BCUT2D eigenvalue weighted by Gasteiger charge is -2.11. The zero-order chi connectivity index (χ0) is 21.2. The van der Waals surface area contributed by atoms with E-state index >= 15 is 0 Å². The molecule has 6 nitrogen and oxygen atoms in total. The molecule has 0 saturated heterocycles. The zero-order valence-corrected chi connectivity index (χ0v) is 19.2. The minimum Gasteiger partial charge on any atom is -0.493 e. The van der Waals surface area contributed by atoms with Gasteiger partial charge in [-0.3, -0.25) is 4.79 Å². The maximum Gasteiger partial charge on any atom is 0.271 e. The molecule has 0 aliphatic heterocycles. The van der Waals surface area contributed by atoms with Crippen LogP contribution in [0.1, 0.15) is 29.3 Å². The van der Waals surface area contributed by atoms with E-state index in [1.54, 1.807) is 30.3 Å². The molecule has 1 N–H and O–H groups in total. The first kappa shape index (κ1) is 22.8. The SMILES string of the molecule is C#CCOc1c(Br)cc(/C=N/NC(=O)c2ccc(OCCC)c(OC)c2)cc1Br. The van der Waals surface area contributed by atoms with Gasteiger partial charge >= 0.3 is 0 Å². The maximum atomic E-state index is 12.4. The van der Waals surface area contributed by atoms with Crippen molar-refractivity contribution in [3.05, 3.63) is 50.4 Å². The number of halogens is 2. The van der Waals surface area contributed by atoms with Gasteiger partial charge in [0.05, 0.1) is 28.9 Å². The molecule has 2 rings (SSSR count). The average molecular weight is 524 g/mol. The number of carbonyl (C=O) groups is 1. The predicted octanol–water partition coefficient (Wildman–Crippen LogP) is 4.78. The van der Waals surface area contributed by atoms with Gasteiger partial charge in [-0.25, -0.2) is 5.43 Å². The number of nitrogens with zero attached hydrogens (tertiary/aromatic N) is 1. The van der Waals surface area contributed by atoms with E-state index in [1.807, 2.05) is 6.92 Å². The van der Waals surface area contributed by atoms with Crippen molar-refractivity contribution in [2.45, 2.75) is 13.3 Å². The van der Waals surface area contributed by atoms with Gasteiger partial charge in [0.25, 0.3) is 5.91 Å². The van der Waals surface area contributed by atoms with Crippen molar-refractivity contribution < 1.29 is 19.0 Å². The smallest absolute Gasteiger partial charge is 0.271 e. The minimum absolute atomic E-state index is 0.159. The van der Waals surface area contributed by atoms with E-state index in [2.05, 4.69) is 48.3 Å². The van der Waals surface area contributed by atoms with Crippen molar-refractivity contribution in [3.63, 3.8) is 0 Å². The number of benzene rings is 2. The lowest BCUT2D eigenvalue weighted by Crippen LogP contribution is -2.17. The molecule has 2 aromatic carbocycles. The van der Waals surface area contributed by atoms with Gasteiger partial charge in [0.15, 0.2) is 11.5 Å². The van der Waals surface area contributed by atoms with Crippen LogP contribution in [0.15, 0.2) is 44.4 Å². The van der Waals surface area contributed by atoms with Crippen LogP contribution in [-0.2, 0) is 0 Å². The molecule has 0 saturated carbocycles. The number of hydrogen-bond acceptors (Lipinski definition) is 5. The molecule has 0 atom stereocenters. The highest BCUT2D eigenvalue weighted by atomic mass is 79.9. The number of terminal acetylenes is 1. The number of ether oxygens (including phenoxy) is 3. The Bertz CT molecular complexity index is 916. The first-order chi connectivity index (χ1) is 14.0. The lowest BCUT2D eigenvalue weighted by atomic mass is 10.2. The number of rotatable bonds is 9. The summed E-state index contributed by atoms with van der Waals surface area (Å²) in [5.74, 6) is 3.73. The predicted molar refractivity (Wildman–Crippen MR) is 120 cm³/mol. The van der Waals surface area contributed by atoms with E-state index in [-0.39, 0.29) is 12.5 Å². The third kappa shape index (κ3) is 6.51. The fraction of sp³-hybridized carbons (Fsp3) is 0.238. The summed E-state index contributed by atoms with van der Waals surface area (Å²) < 4.78 is 17.8. The minimum atomic E-state index is -0.367. The molecule has 1 amide bonds. The Morgan fingerprint density at radius 3 is 2.55 bits per heavy atom. The Balaban J connectivity index is 2.07. The Kier molecular flexibility index (Phi) is 9.03. The molecule has 29 heavy (non-hydrogen) atoms. The van der Waals surface area contributed by atoms with Gasteiger partial charge in [-0.15, -0.1) is 6.42 Å². The van der Waals surface area contributed by atoms with Crippen LogP contribution in [0.4, 0.5) is 0 Å². The quantitative estimate of drug-likeness (QED) is 0.291. The molecule has 0 aromatic heterocycles. The molecule has 0 spiro atoms. The molecule has 0 unspecified atom stereocenters. The summed E-state index contributed by atoms with van der Waals surface area (Å²) in [5, 5.41) is 4.01. The number of carbonyl (C=O) groups excluding carboxylic acids is 1. The topological polar surface area (TPSA) is 69.2 Å². The summed E-state index contributed by atoms with van der Waals surface area (Å²) in [4.78, 5) is 12.4. The van der Waals surface area contributed by atoms with E-state index in [9.17, 15) is 4.79 Å². The third-order valence-corrected chi connectivity index (χ3v) is 4.77. The van der Waals surface area contributed by atoms with Gasteiger partial charge in [-0.1, -0.05) is 12.8 Å². The van der Waals surface area contributed by atoms with Gasteiger partial charge in [0, 0.05) is 5.56 Å². The molecule has 8 heteroatoms. The van der Waals surface area contributed by atoms with Crippen LogP contribution in [0, 0.1) is 12.3 Å². The van der Waals surface area contributed by atoms with Crippen LogP contribution in [-0.4, -0.2) is 32.4 Å². The highest BCUT2D eigenvalue weighted by Gasteiger charge is 2.11. The van der Waals surface area contributed by atoms with Crippen molar-refractivity contribution >= 4 is 44.0 Å². The fourth-order valence-corrected chi connectivity index (χ4v) is 3.73. The summed E-state index contributed by atoms with van der Waals surface area (Å²) in [6.45, 7) is 2.75. The van der Waals surface area contributed by atoms with Crippen LogP contribution in [0.2, 0.25) is 0 Å². The second kappa shape index (κ2) is 11.5. The second-order valence-corrected chi connectivity index (χ2v) is 7.43. The molecule has 0 heterocycles. The highest BCUT2D eigenvalue weighted by Crippen LogP contribution is 2.34. The first-order valence-corrected chi connectivity index (χ1v) is 10.3. The molecule has 0 radical (unpaired) electrons. The average Bonchev–Trinajstić information content (AvgIpc) is 2.71. The molecular formula is C21H20Br2N2O4. The molecule has 0 fully saturated rings. The molecule has 0 aliphatic carbocycles. The van der Waals surface area contributed by atoms with Crippen LogP contribution in [0.25, 0.3) is 0 Å². The van der Waals surface area contributed by atoms with Crippen molar-refractivity contribution in [3.8, 4) is 29.6 Å². The summed E-state index contributed by atoms with van der Waals surface area (Å²) in [6, 6.07) is 8.57. The van der Waals surface area contributed by atoms with Crippen molar-refractivity contribution in [1.29, 1.82) is 0 Å². The third-order valence-electron chi connectivity index (χ3n) is 3.59. The fourth-order valence-electron chi connectivity index (χ4n) is 2.28. The maximum absolute atomic E-state index is 12.4. The Morgan fingerprint density at radius 2 is 1.93 bits per heavy atom. The molecule has 152 valence electrons. The van der Waals surface area contributed by atoms with E-state index in [4.69, 9.17) is 20.6 Å². The number of hydrogen-bond donors (Lipinski definition) is 1. The van der Waals surface area contributed by atoms with Crippen LogP contribution >= 0.6 is 31.9 Å². The first-order valence-electron chi connectivity index (χ1n) is 8.69. The van der Waals surface area contributed by atoms with E-state index < -0.39 is 0 Å². The normalized spacial score (nSPS) is 10.4. The van der Waals surface area contributed by atoms with E-state index in [0.717, 1.165) is 12.0 Å². The largest absolute Gasteiger partial charge is 0.493 e. The van der Waals surface area contributed by atoms with E-state index in [1.165, 1.54) is 13.3 Å². The number of nitrogens with one attached hydrogen (secondary N) is 1. The Hall–Kier alpha value is -2.50. The second-order valence-electron chi connectivity index (χ2n) is 5.72. The Labute approximate surface area is 186 Å². The molecular weight excluding hydrogens is 504 g/mol. The van der Waals surface area contributed by atoms with Crippen molar-refractivity contribution in [2.75, 3.05) is 20.3 Å². The number of methoxy groups -OCH3 is 1. The summed E-state index contributed by atoms with van der Waals surface area (Å²) in [5.41, 5.74) is 3.65. The monoisotopic (exact) mass is 522 g/mol. The molecule has 0 aliphatic rings. The highest BCUT2D eigenvalue weighted by molar-refractivity contribution is 9.11. The Morgan fingerprint density at radius 1 is 1.21 bits per heavy atom. The standard InChI is InChI=1S/C21H20Br2N2O4/c1-4-8-28-18-7-6-15(12-19(18)27-3)21(26)25-24-13-14-10-16(22)20(17(23)11-14)29-9-5-2/h2,6-7,10-13H,4,8-9H2,1,3H3,(H,25,26)/b24-13+. The summed E-state index contributed by atoms with van der Waals surface area (Å²) in [6.07, 6.45) is 7.61. The summed E-state index contributed by atoms with van der Waals surface area (Å²) >= 11 is 6.86. The van der Waals surface area contributed by atoms with Crippen LogP contribution < -0.4 is 19.6 Å². The van der Waals surface area contributed by atoms with Gasteiger partial charge in [-0.05, 0) is 74.2 Å². The van der Waals surface area contributed by atoms with Gasteiger partial charge in [0.1, 0.15) is 12.4 Å². The van der Waals surface area contributed by atoms with Crippen molar-refractivity contribution in [2.24, 2.45) is 5.10 Å². The number of hydrazone groups is 1. The van der Waals surface area contributed by atoms with Crippen LogP contribution in [0.5, 0.6) is 17.2 Å². The molecule has 2 aromatic rings. The van der Waals surface area contributed by atoms with Crippen molar-refractivity contribution in [1.82, 2.24) is 5.43 Å².